The van der Waals surface area contributed by atoms with Gasteiger partial charge in [-0.3, -0.25) is 4.79 Å². The molecule has 0 aliphatic rings. The van der Waals surface area contributed by atoms with Gasteiger partial charge in [-0.15, -0.1) is 0 Å². The Labute approximate surface area is 107 Å². The minimum atomic E-state index is -0.280. The molecule has 0 aliphatic carbocycles. The van der Waals surface area contributed by atoms with Crippen LogP contribution in [0.25, 0.3) is 11.1 Å². The Morgan fingerprint density at radius 2 is 1.78 bits per heavy atom. The van der Waals surface area contributed by atoms with Crippen molar-refractivity contribution in [2.45, 2.75) is 20.3 Å². The van der Waals surface area contributed by atoms with E-state index in [1.54, 1.807) is 0 Å². The van der Waals surface area contributed by atoms with Crippen LogP contribution >= 0.6 is 0 Å². The summed E-state index contributed by atoms with van der Waals surface area (Å²) in [5, 5.41) is 0. The Morgan fingerprint density at radius 1 is 1.06 bits per heavy atom. The molecular weight excluding hydrogens is 224 g/mol. The van der Waals surface area contributed by atoms with E-state index in [1.807, 2.05) is 30.3 Å². The molecule has 0 N–H and O–H groups in total. The van der Waals surface area contributed by atoms with Gasteiger partial charge in [-0.05, 0) is 35.2 Å². The molecule has 18 heavy (non-hydrogen) atoms. The van der Waals surface area contributed by atoms with E-state index in [2.05, 4.69) is 25.1 Å². The lowest BCUT2D eigenvalue weighted by atomic mass is 10.0. The number of carbonyl (C=O) groups is 1. The Hall–Kier alpha value is -2.09. The van der Waals surface area contributed by atoms with E-state index in [0.717, 1.165) is 17.5 Å². The highest BCUT2D eigenvalue weighted by molar-refractivity contribution is 5.71. The van der Waals surface area contributed by atoms with Crippen molar-refractivity contribution in [3.63, 3.8) is 0 Å². The van der Waals surface area contributed by atoms with Crippen molar-refractivity contribution in [3.8, 4) is 16.9 Å². The number of benzene rings is 2. The molecule has 0 aliphatic heterocycles. The lowest BCUT2D eigenvalue weighted by molar-refractivity contribution is -0.131. The third-order valence-corrected chi connectivity index (χ3v) is 2.80. The zero-order valence-electron chi connectivity index (χ0n) is 10.6. The quantitative estimate of drug-likeness (QED) is 0.602. The summed E-state index contributed by atoms with van der Waals surface area (Å²) in [6.45, 7) is 3.47. The van der Waals surface area contributed by atoms with Crippen LogP contribution in [-0.4, -0.2) is 5.97 Å². The number of carbonyl (C=O) groups excluding carboxylic acids is 1. The minimum absolute atomic E-state index is 0.280. The summed E-state index contributed by atoms with van der Waals surface area (Å²) in [7, 11) is 0. The van der Waals surface area contributed by atoms with Crippen molar-refractivity contribution in [1.82, 2.24) is 0 Å². The molecule has 0 saturated heterocycles. The van der Waals surface area contributed by atoms with E-state index in [-0.39, 0.29) is 5.97 Å². The van der Waals surface area contributed by atoms with E-state index in [9.17, 15) is 4.79 Å². The van der Waals surface area contributed by atoms with Gasteiger partial charge in [0.2, 0.25) is 0 Å². The molecule has 0 fully saturated rings. The second kappa shape index (κ2) is 5.50. The van der Waals surface area contributed by atoms with Gasteiger partial charge in [0.1, 0.15) is 5.75 Å². The van der Waals surface area contributed by atoms with E-state index < -0.39 is 0 Å². The first-order chi connectivity index (χ1) is 8.70. The predicted octanol–water partition coefficient (Wildman–Crippen LogP) is 3.84. The molecule has 2 heteroatoms. The van der Waals surface area contributed by atoms with Gasteiger partial charge in [0, 0.05) is 6.92 Å². The average molecular weight is 240 g/mol. The molecule has 2 aromatic rings. The number of hydrogen-bond acceptors (Lipinski definition) is 2. The smallest absolute Gasteiger partial charge is 0.308 e. The van der Waals surface area contributed by atoms with Crippen LogP contribution in [0.5, 0.6) is 5.75 Å². The standard InChI is InChI=1S/C16H16O2/c1-3-13-11-15(14-7-5-4-6-8-14)9-10-16(13)18-12(2)17/h4-11H,3H2,1-2H3. The van der Waals surface area contributed by atoms with Crippen molar-refractivity contribution >= 4 is 5.97 Å². The van der Waals surface area contributed by atoms with Crippen molar-refractivity contribution < 1.29 is 9.53 Å². The molecule has 92 valence electrons. The van der Waals surface area contributed by atoms with Gasteiger partial charge < -0.3 is 4.74 Å². The molecule has 0 heterocycles. The van der Waals surface area contributed by atoms with Crippen LogP contribution in [0, 0.1) is 0 Å². The highest BCUT2D eigenvalue weighted by Crippen LogP contribution is 2.27. The molecule has 0 bridgehead atoms. The van der Waals surface area contributed by atoms with Gasteiger partial charge in [-0.1, -0.05) is 43.3 Å². The van der Waals surface area contributed by atoms with Gasteiger partial charge in [0.05, 0.1) is 0 Å². The van der Waals surface area contributed by atoms with Crippen LogP contribution in [0.4, 0.5) is 0 Å². The normalized spacial score (nSPS) is 10.1. The number of hydrogen-bond donors (Lipinski definition) is 0. The zero-order valence-corrected chi connectivity index (χ0v) is 10.6. The number of rotatable bonds is 3. The van der Waals surface area contributed by atoms with Crippen LogP contribution in [0.15, 0.2) is 48.5 Å². The van der Waals surface area contributed by atoms with Gasteiger partial charge >= 0.3 is 5.97 Å². The van der Waals surface area contributed by atoms with E-state index >= 15 is 0 Å². The summed E-state index contributed by atoms with van der Waals surface area (Å²) < 4.78 is 5.19. The first-order valence-corrected chi connectivity index (χ1v) is 6.07. The maximum Gasteiger partial charge on any atom is 0.308 e. The summed E-state index contributed by atoms with van der Waals surface area (Å²) >= 11 is 0. The zero-order chi connectivity index (χ0) is 13.0. The van der Waals surface area contributed by atoms with E-state index in [1.165, 1.54) is 12.5 Å². The first kappa shape index (κ1) is 12.4. The van der Waals surface area contributed by atoms with Gasteiger partial charge in [0.25, 0.3) is 0 Å². The van der Waals surface area contributed by atoms with Gasteiger partial charge in [-0.25, -0.2) is 0 Å². The van der Waals surface area contributed by atoms with Crippen LogP contribution in [0.2, 0.25) is 0 Å². The minimum Gasteiger partial charge on any atom is -0.426 e. The monoisotopic (exact) mass is 240 g/mol. The predicted molar refractivity (Wildman–Crippen MR) is 72.6 cm³/mol. The van der Waals surface area contributed by atoms with Crippen LogP contribution in [0.1, 0.15) is 19.4 Å². The van der Waals surface area contributed by atoms with Crippen molar-refractivity contribution in [2.75, 3.05) is 0 Å². The van der Waals surface area contributed by atoms with Gasteiger partial charge in [0.15, 0.2) is 0 Å². The van der Waals surface area contributed by atoms with Gasteiger partial charge in [-0.2, -0.15) is 0 Å². The molecule has 0 atom stereocenters. The molecular formula is C16H16O2. The fourth-order valence-corrected chi connectivity index (χ4v) is 1.92. The number of ether oxygens (including phenoxy) is 1. The second-order valence-corrected chi connectivity index (χ2v) is 4.14. The van der Waals surface area contributed by atoms with Crippen molar-refractivity contribution in [1.29, 1.82) is 0 Å². The molecule has 0 spiro atoms. The Bertz CT molecular complexity index is 544. The Kier molecular flexibility index (Phi) is 3.78. The third-order valence-electron chi connectivity index (χ3n) is 2.80. The third kappa shape index (κ3) is 2.77. The molecule has 0 radical (unpaired) electrons. The Morgan fingerprint density at radius 3 is 2.39 bits per heavy atom. The average Bonchev–Trinajstić information content (AvgIpc) is 2.39. The Balaban J connectivity index is 2.39. The highest BCUT2D eigenvalue weighted by atomic mass is 16.5. The maximum absolute atomic E-state index is 11.0. The van der Waals surface area contributed by atoms with Crippen LogP contribution in [-0.2, 0) is 11.2 Å². The molecule has 0 amide bonds. The fourth-order valence-electron chi connectivity index (χ4n) is 1.92. The maximum atomic E-state index is 11.0. The molecule has 0 unspecified atom stereocenters. The lowest BCUT2D eigenvalue weighted by Gasteiger charge is -2.10. The van der Waals surface area contributed by atoms with Crippen LogP contribution < -0.4 is 4.74 Å². The summed E-state index contributed by atoms with van der Waals surface area (Å²) in [5.41, 5.74) is 3.36. The summed E-state index contributed by atoms with van der Waals surface area (Å²) in [5.74, 6) is 0.377. The molecule has 2 nitrogen and oxygen atoms in total. The second-order valence-electron chi connectivity index (χ2n) is 4.14. The van der Waals surface area contributed by atoms with Crippen molar-refractivity contribution in [2.24, 2.45) is 0 Å². The lowest BCUT2D eigenvalue weighted by Crippen LogP contribution is -2.03. The summed E-state index contributed by atoms with van der Waals surface area (Å²) in [4.78, 5) is 11.0. The van der Waals surface area contributed by atoms with E-state index in [4.69, 9.17) is 4.74 Å². The van der Waals surface area contributed by atoms with Crippen LogP contribution in [0.3, 0.4) is 0 Å². The van der Waals surface area contributed by atoms with Crippen molar-refractivity contribution in [3.05, 3.63) is 54.1 Å². The number of aryl methyl sites for hydroxylation is 1. The highest BCUT2D eigenvalue weighted by Gasteiger charge is 2.06. The number of esters is 1. The largest absolute Gasteiger partial charge is 0.426 e. The summed E-state index contributed by atoms with van der Waals surface area (Å²) in [6, 6.07) is 16.1. The van der Waals surface area contributed by atoms with E-state index in [0.29, 0.717) is 5.75 Å². The SMILES string of the molecule is CCc1cc(-c2ccccc2)ccc1OC(C)=O. The molecule has 0 aromatic heterocycles. The first-order valence-electron chi connectivity index (χ1n) is 6.07. The molecule has 2 rings (SSSR count). The fraction of sp³-hybridized carbons (Fsp3) is 0.188. The molecule has 2 aromatic carbocycles. The summed E-state index contributed by atoms with van der Waals surface area (Å²) in [6.07, 6.45) is 0.837. The molecule has 0 saturated carbocycles. The topological polar surface area (TPSA) is 26.3 Å².